The Kier molecular flexibility index (Phi) is 4.98. The van der Waals surface area contributed by atoms with E-state index in [0.29, 0.717) is 23.6 Å². The van der Waals surface area contributed by atoms with E-state index < -0.39 is 0 Å². The average molecular weight is 288 g/mol. The van der Waals surface area contributed by atoms with Crippen molar-refractivity contribution < 1.29 is 18.7 Å². The summed E-state index contributed by atoms with van der Waals surface area (Å²) in [7, 11) is 1.55. The molecular formula is C15H16N2O4. The molecule has 0 saturated heterocycles. The van der Waals surface area contributed by atoms with Crippen molar-refractivity contribution >= 4 is 11.8 Å². The third-order valence-electron chi connectivity index (χ3n) is 2.80. The Labute approximate surface area is 122 Å². The van der Waals surface area contributed by atoms with Gasteiger partial charge in [-0.15, -0.1) is 0 Å². The van der Waals surface area contributed by atoms with E-state index in [1.54, 1.807) is 43.5 Å². The lowest BCUT2D eigenvalue weighted by Crippen LogP contribution is -2.36. The Morgan fingerprint density at radius 3 is 2.52 bits per heavy atom. The summed E-state index contributed by atoms with van der Waals surface area (Å²) in [5, 5.41) is 5.19. The fraction of sp³-hybridized carbons (Fsp3) is 0.200. The topological polar surface area (TPSA) is 80.6 Å². The number of amides is 2. The predicted molar refractivity (Wildman–Crippen MR) is 75.9 cm³/mol. The number of ether oxygens (including phenoxy) is 1. The van der Waals surface area contributed by atoms with Crippen LogP contribution in [0.3, 0.4) is 0 Å². The van der Waals surface area contributed by atoms with E-state index >= 15 is 0 Å². The molecule has 0 aliphatic rings. The lowest BCUT2D eigenvalue weighted by atomic mass is 10.2. The Bertz CT molecular complexity index is 591. The SMILES string of the molecule is COc1ccc(C(=O)NCC(=O)NCc2ccco2)cc1. The number of benzene rings is 1. The predicted octanol–water partition coefficient (Wildman–Crippen LogP) is 1.33. The first kappa shape index (κ1) is 14.6. The Balaban J connectivity index is 1.76. The molecule has 2 amide bonds. The van der Waals surface area contributed by atoms with Gasteiger partial charge in [0.15, 0.2) is 0 Å². The van der Waals surface area contributed by atoms with Crippen LogP contribution < -0.4 is 15.4 Å². The highest BCUT2D eigenvalue weighted by atomic mass is 16.5. The summed E-state index contributed by atoms with van der Waals surface area (Å²) < 4.78 is 10.1. The van der Waals surface area contributed by atoms with Gasteiger partial charge in [0.05, 0.1) is 26.5 Å². The van der Waals surface area contributed by atoms with Gasteiger partial charge < -0.3 is 19.8 Å². The molecule has 6 heteroatoms. The second-order valence-electron chi connectivity index (χ2n) is 4.27. The first-order chi connectivity index (χ1) is 10.2. The van der Waals surface area contributed by atoms with Gasteiger partial charge in [0, 0.05) is 5.56 Å². The summed E-state index contributed by atoms with van der Waals surface area (Å²) in [6.45, 7) is 0.204. The molecule has 0 radical (unpaired) electrons. The van der Waals surface area contributed by atoms with Crippen LogP contribution in [0, 0.1) is 0 Å². The third kappa shape index (κ3) is 4.38. The zero-order valence-corrected chi connectivity index (χ0v) is 11.6. The van der Waals surface area contributed by atoms with Crippen molar-refractivity contribution in [1.82, 2.24) is 10.6 Å². The molecule has 1 heterocycles. The summed E-state index contributed by atoms with van der Waals surface area (Å²) >= 11 is 0. The monoisotopic (exact) mass is 288 g/mol. The van der Waals surface area contributed by atoms with Crippen molar-refractivity contribution in [2.45, 2.75) is 6.54 Å². The van der Waals surface area contributed by atoms with Crippen LogP contribution in [0.2, 0.25) is 0 Å². The van der Waals surface area contributed by atoms with Crippen LogP contribution in [0.1, 0.15) is 16.1 Å². The van der Waals surface area contributed by atoms with E-state index in [1.807, 2.05) is 0 Å². The lowest BCUT2D eigenvalue weighted by molar-refractivity contribution is -0.120. The van der Waals surface area contributed by atoms with Crippen molar-refractivity contribution in [1.29, 1.82) is 0 Å². The van der Waals surface area contributed by atoms with Crippen LogP contribution in [-0.2, 0) is 11.3 Å². The van der Waals surface area contributed by atoms with Crippen molar-refractivity contribution in [3.05, 3.63) is 54.0 Å². The molecule has 2 aromatic rings. The minimum absolute atomic E-state index is 0.0917. The molecule has 0 saturated carbocycles. The van der Waals surface area contributed by atoms with E-state index in [2.05, 4.69) is 10.6 Å². The molecule has 0 aliphatic carbocycles. The molecule has 2 N–H and O–H groups in total. The van der Waals surface area contributed by atoms with E-state index in [9.17, 15) is 9.59 Å². The number of carbonyl (C=O) groups is 2. The van der Waals surface area contributed by atoms with Gasteiger partial charge in [-0.05, 0) is 36.4 Å². The zero-order valence-electron chi connectivity index (χ0n) is 11.6. The number of furan rings is 1. The molecule has 0 atom stereocenters. The Morgan fingerprint density at radius 2 is 1.90 bits per heavy atom. The van der Waals surface area contributed by atoms with Crippen LogP contribution in [0.4, 0.5) is 0 Å². The standard InChI is InChI=1S/C15H16N2O4/c1-20-12-6-4-11(5-7-12)15(19)17-10-14(18)16-9-13-3-2-8-21-13/h2-8H,9-10H2,1H3,(H,16,18)(H,17,19). The summed E-state index contributed by atoms with van der Waals surface area (Å²) in [6.07, 6.45) is 1.53. The van der Waals surface area contributed by atoms with Gasteiger partial charge in [0.1, 0.15) is 11.5 Å². The average Bonchev–Trinajstić information content (AvgIpc) is 3.04. The highest BCUT2D eigenvalue weighted by Gasteiger charge is 2.08. The van der Waals surface area contributed by atoms with Gasteiger partial charge in [0.2, 0.25) is 5.91 Å². The van der Waals surface area contributed by atoms with Gasteiger partial charge in [-0.1, -0.05) is 0 Å². The Morgan fingerprint density at radius 1 is 1.14 bits per heavy atom. The largest absolute Gasteiger partial charge is 0.497 e. The molecule has 0 aliphatic heterocycles. The van der Waals surface area contributed by atoms with Crippen LogP contribution in [0.15, 0.2) is 47.1 Å². The zero-order chi connectivity index (χ0) is 15.1. The third-order valence-corrected chi connectivity index (χ3v) is 2.80. The number of methoxy groups -OCH3 is 1. The number of carbonyl (C=O) groups excluding carboxylic acids is 2. The van der Waals surface area contributed by atoms with Gasteiger partial charge in [-0.2, -0.15) is 0 Å². The van der Waals surface area contributed by atoms with E-state index in [0.717, 1.165) is 0 Å². The fourth-order valence-corrected chi connectivity index (χ4v) is 1.67. The van der Waals surface area contributed by atoms with Gasteiger partial charge in [-0.25, -0.2) is 0 Å². The smallest absolute Gasteiger partial charge is 0.251 e. The minimum atomic E-state index is -0.314. The van der Waals surface area contributed by atoms with Crippen molar-refractivity contribution in [2.24, 2.45) is 0 Å². The van der Waals surface area contributed by atoms with Gasteiger partial charge >= 0.3 is 0 Å². The fourth-order valence-electron chi connectivity index (χ4n) is 1.67. The maximum atomic E-state index is 11.8. The van der Waals surface area contributed by atoms with Crippen LogP contribution in [0.5, 0.6) is 5.75 Å². The van der Waals surface area contributed by atoms with Crippen LogP contribution in [0.25, 0.3) is 0 Å². The maximum absolute atomic E-state index is 11.8. The first-order valence-corrected chi connectivity index (χ1v) is 6.40. The van der Waals surface area contributed by atoms with Crippen molar-refractivity contribution in [2.75, 3.05) is 13.7 Å². The highest BCUT2D eigenvalue weighted by Crippen LogP contribution is 2.10. The number of hydrogen-bond acceptors (Lipinski definition) is 4. The Hall–Kier alpha value is -2.76. The molecule has 110 valence electrons. The minimum Gasteiger partial charge on any atom is -0.497 e. The molecule has 1 aromatic carbocycles. The highest BCUT2D eigenvalue weighted by molar-refractivity contribution is 5.96. The van der Waals surface area contributed by atoms with Crippen LogP contribution in [-0.4, -0.2) is 25.5 Å². The molecule has 0 unspecified atom stereocenters. The lowest BCUT2D eigenvalue weighted by Gasteiger charge is -2.06. The molecule has 1 aromatic heterocycles. The molecule has 0 spiro atoms. The second-order valence-corrected chi connectivity index (χ2v) is 4.27. The van der Waals surface area contributed by atoms with Crippen LogP contribution >= 0.6 is 0 Å². The summed E-state index contributed by atoms with van der Waals surface area (Å²) in [5.74, 6) is 0.728. The normalized spacial score (nSPS) is 9.95. The molecular weight excluding hydrogens is 272 g/mol. The summed E-state index contributed by atoms with van der Waals surface area (Å²) in [4.78, 5) is 23.4. The van der Waals surface area contributed by atoms with Crippen molar-refractivity contribution in [3.63, 3.8) is 0 Å². The van der Waals surface area contributed by atoms with E-state index in [4.69, 9.17) is 9.15 Å². The molecule has 6 nitrogen and oxygen atoms in total. The molecule has 0 fully saturated rings. The number of nitrogens with one attached hydrogen (secondary N) is 2. The first-order valence-electron chi connectivity index (χ1n) is 6.40. The summed E-state index contributed by atoms with van der Waals surface area (Å²) in [5.41, 5.74) is 0.467. The summed E-state index contributed by atoms with van der Waals surface area (Å²) in [6, 6.07) is 10.1. The quantitative estimate of drug-likeness (QED) is 0.840. The van der Waals surface area contributed by atoms with E-state index in [-0.39, 0.29) is 18.4 Å². The number of rotatable bonds is 6. The van der Waals surface area contributed by atoms with Gasteiger partial charge in [0.25, 0.3) is 5.91 Å². The van der Waals surface area contributed by atoms with Crippen molar-refractivity contribution in [3.8, 4) is 5.75 Å². The van der Waals surface area contributed by atoms with E-state index in [1.165, 1.54) is 6.26 Å². The molecule has 2 rings (SSSR count). The second kappa shape index (κ2) is 7.14. The molecule has 21 heavy (non-hydrogen) atoms. The molecule has 0 bridgehead atoms. The van der Waals surface area contributed by atoms with Gasteiger partial charge in [-0.3, -0.25) is 9.59 Å². The number of hydrogen-bond donors (Lipinski definition) is 2. The maximum Gasteiger partial charge on any atom is 0.251 e.